The maximum Gasteiger partial charge on any atom is 0.348 e. The zero-order valence-electron chi connectivity index (χ0n) is 17.5. The average Bonchev–Trinajstić information content (AvgIpc) is 2.55. The molecule has 138 valence electrons. The first-order valence-corrected chi connectivity index (χ1v) is 9.20. The van der Waals surface area contributed by atoms with Gasteiger partial charge in [0, 0.05) is 11.4 Å². The molecule has 0 saturated heterocycles. The van der Waals surface area contributed by atoms with E-state index in [0.29, 0.717) is 0 Å². The third-order valence-corrected chi connectivity index (χ3v) is 4.96. The number of hydrogen-bond donors (Lipinski definition) is 2. The highest BCUT2D eigenvalue weighted by atomic mass is 15.2. The van der Waals surface area contributed by atoms with Crippen LogP contribution in [0.25, 0.3) is 0 Å². The summed E-state index contributed by atoms with van der Waals surface area (Å²) >= 11 is 0. The summed E-state index contributed by atoms with van der Waals surface area (Å²) in [5.41, 5.74) is 7.48. The van der Waals surface area contributed by atoms with E-state index in [4.69, 9.17) is 0 Å². The first kappa shape index (κ1) is 20.4. The SMILES string of the molecule is Cc1cccc(C)c1NB(B(Nc1c(C)cccc1C)N(C)C)N(C)C. The molecule has 0 unspecified atom stereocenters. The van der Waals surface area contributed by atoms with E-state index >= 15 is 0 Å². The Balaban J connectivity index is 2.38. The van der Waals surface area contributed by atoms with E-state index in [1.165, 1.54) is 33.6 Å². The van der Waals surface area contributed by atoms with Gasteiger partial charge in [0.2, 0.25) is 0 Å². The van der Waals surface area contributed by atoms with Crippen molar-refractivity contribution in [2.24, 2.45) is 0 Å². The minimum absolute atomic E-state index is 0.101. The molecule has 0 spiro atoms. The Morgan fingerprint density at radius 1 is 0.577 bits per heavy atom. The lowest BCUT2D eigenvalue weighted by Gasteiger charge is -2.34. The van der Waals surface area contributed by atoms with Crippen molar-refractivity contribution in [1.82, 2.24) is 9.62 Å². The predicted molar refractivity (Wildman–Crippen MR) is 118 cm³/mol. The van der Waals surface area contributed by atoms with Gasteiger partial charge in [-0.1, -0.05) is 36.4 Å². The predicted octanol–water partition coefficient (Wildman–Crippen LogP) is 3.62. The molecule has 0 aromatic heterocycles. The Labute approximate surface area is 160 Å². The minimum Gasteiger partial charge on any atom is -0.417 e. The summed E-state index contributed by atoms with van der Waals surface area (Å²) in [5, 5.41) is 7.55. The summed E-state index contributed by atoms with van der Waals surface area (Å²) < 4.78 is 0. The highest BCUT2D eigenvalue weighted by Crippen LogP contribution is 2.23. The number of para-hydroxylation sites is 2. The van der Waals surface area contributed by atoms with Crippen LogP contribution < -0.4 is 10.5 Å². The fourth-order valence-corrected chi connectivity index (χ4v) is 3.36. The number of anilines is 2. The molecule has 0 aliphatic heterocycles. The molecule has 0 aliphatic carbocycles. The van der Waals surface area contributed by atoms with E-state index in [1.54, 1.807) is 0 Å². The zero-order chi connectivity index (χ0) is 19.4. The summed E-state index contributed by atoms with van der Waals surface area (Å²) in [7, 11) is 8.48. The Bertz CT molecular complexity index is 643. The second kappa shape index (κ2) is 8.65. The van der Waals surface area contributed by atoms with Crippen LogP contribution >= 0.6 is 0 Å². The Morgan fingerprint density at radius 3 is 1.08 bits per heavy atom. The van der Waals surface area contributed by atoms with Crippen LogP contribution in [0, 0.1) is 27.7 Å². The van der Waals surface area contributed by atoms with Crippen LogP contribution in [0.3, 0.4) is 0 Å². The molecule has 2 N–H and O–H groups in total. The molecule has 0 atom stereocenters. The van der Waals surface area contributed by atoms with Gasteiger partial charge in [-0.05, 0) is 78.1 Å². The van der Waals surface area contributed by atoms with E-state index in [9.17, 15) is 0 Å². The van der Waals surface area contributed by atoms with Gasteiger partial charge in [0.05, 0.1) is 0 Å². The summed E-state index contributed by atoms with van der Waals surface area (Å²) in [5.74, 6) is 0. The standard InChI is InChI=1S/C20H32B2N4/c1-15-11-9-12-16(2)19(15)23-21(25(5)6)22(26(7)8)24-20-17(3)13-10-14-18(20)4/h9-14,23-24H,1-8H3. The highest BCUT2D eigenvalue weighted by Gasteiger charge is 2.37. The van der Waals surface area contributed by atoms with Crippen LogP contribution in [-0.4, -0.2) is 51.6 Å². The summed E-state index contributed by atoms with van der Waals surface area (Å²) in [6.07, 6.45) is 0. The number of benzene rings is 2. The lowest BCUT2D eigenvalue weighted by Crippen LogP contribution is -2.63. The van der Waals surface area contributed by atoms with Crippen LogP contribution in [0.5, 0.6) is 0 Å². The molecule has 0 radical (unpaired) electrons. The van der Waals surface area contributed by atoms with Crippen molar-refractivity contribution in [2.45, 2.75) is 27.7 Å². The topological polar surface area (TPSA) is 30.5 Å². The van der Waals surface area contributed by atoms with Gasteiger partial charge in [-0.25, -0.2) is 0 Å². The Morgan fingerprint density at radius 2 is 0.846 bits per heavy atom. The van der Waals surface area contributed by atoms with E-state index in [1.807, 2.05) is 0 Å². The maximum absolute atomic E-state index is 3.78. The van der Waals surface area contributed by atoms with Crippen LogP contribution in [0.15, 0.2) is 36.4 Å². The normalized spacial score (nSPS) is 11.0. The van der Waals surface area contributed by atoms with Crippen LogP contribution in [0.2, 0.25) is 0 Å². The molecule has 0 aliphatic rings. The molecule has 2 rings (SSSR count). The Kier molecular flexibility index (Phi) is 6.79. The largest absolute Gasteiger partial charge is 0.417 e. The van der Waals surface area contributed by atoms with Crippen molar-refractivity contribution in [3.05, 3.63) is 58.7 Å². The first-order valence-electron chi connectivity index (χ1n) is 9.20. The molecule has 0 fully saturated rings. The minimum atomic E-state index is 0.101. The number of rotatable bonds is 7. The second-order valence-corrected chi connectivity index (χ2v) is 7.64. The molecule has 4 nitrogen and oxygen atoms in total. The third-order valence-electron chi connectivity index (χ3n) is 4.96. The van der Waals surface area contributed by atoms with E-state index in [0.717, 1.165) is 0 Å². The van der Waals surface area contributed by atoms with Gasteiger partial charge in [0.25, 0.3) is 0 Å². The van der Waals surface area contributed by atoms with Gasteiger partial charge in [-0.3, -0.25) is 0 Å². The summed E-state index contributed by atoms with van der Waals surface area (Å²) in [4.78, 5) is 4.47. The molecule has 6 heteroatoms. The second-order valence-electron chi connectivity index (χ2n) is 7.64. The zero-order valence-corrected chi connectivity index (χ0v) is 17.5. The maximum atomic E-state index is 3.78. The van der Waals surface area contributed by atoms with Crippen LogP contribution in [0.4, 0.5) is 11.4 Å². The number of hydrogen-bond acceptors (Lipinski definition) is 4. The van der Waals surface area contributed by atoms with Crippen molar-refractivity contribution < 1.29 is 0 Å². The van der Waals surface area contributed by atoms with Crippen molar-refractivity contribution in [1.29, 1.82) is 0 Å². The van der Waals surface area contributed by atoms with E-state index in [-0.39, 0.29) is 13.7 Å². The molecular weight excluding hydrogens is 318 g/mol. The number of aryl methyl sites for hydroxylation is 4. The lowest BCUT2D eigenvalue weighted by atomic mass is 9.32. The van der Waals surface area contributed by atoms with Crippen molar-refractivity contribution in [3.63, 3.8) is 0 Å². The van der Waals surface area contributed by atoms with Gasteiger partial charge in [0.1, 0.15) is 0 Å². The molecule has 2 aromatic rings. The van der Waals surface area contributed by atoms with E-state index in [2.05, 4.69) is 112 Å². The highest BCUT2D eigenvalue weighted by molar-refractivity contribution is 7.22. The van der Waals surface area contributed by atoms with Crippen molar-refractivity contribution in [3.8, 4) is 0 Å². The number of nitrogens with zero attached hydrogens (tertiary/aromatic N) is 2. The van der Waals surface area contributed by atoms with Gasteiger partial charge >= 0.3 is 13.7 Å². The fourth-order valence-electron chi connectivity index (χ4n) is 3.36. The van der Waals surface area contributed by atoms with Crippen LogP contribution in [-0.2, 0) is 0 Å². The molecular formula is C20H32B2N4. The van der Waals surface area contributed by atoms with Crippen molar-refractivity contribution in [2.75, 3.05) is 38.6 Å². The average molecular weight is 350 g/mol. The molecule has 0 bridgehead atoms. The third kappa shape index (κ3) is 4.63. The van der Waals surface area contributed by atoms with Gasteiger partial charge in [-0.15, -0.1) is 0 Å². The smallest absolute Gasteiger partial charge is 0.348 e. The van der Waals surface area contributed by atoms with Crippen LogP contribution in [0.1, 0.15) is 22.3 Å². The lowest BCUT2D eigenvalue weighted by molar-refractivity contribution is 0.625. The molecule has 2 aromatic carbocycles. The summed E-state index contributed by atoms with van der Waals surface area (Å²) in [6.45, 7) is 8.83. The van der Waals surface area contributed by atoms with Gasteiger partial charge < -0.3 is 20.1 Å². The van der Waals surface area contributed by atoms with Crippen molar-refractivity contribution >= 4 is 25.1 Å². The molecule has 26 heavy (non-hydrogen) atoms. The van der Waals surface area contributed by atoms with Gasteiger partial charge in [-0.2, -0.15) is 0 Å². The fraction of sp³-hybridized carbons (Fsp3) is 0.400. The Hall–Kier alpha value is -1.91. The first-order chi connectivity index (χ1) is 12.2. The molecule has 0 amide bonds. The van der Waals surface area contributed by atoms with E-state index < -0.39 is 0 Å². The quantitative estimate of drug-likeness (QED) is 0.747. The summed E-state index contributed by atoms with van der Waals surface area (Å²) in [6, 6.07) is 12.9. The number of nitrogens with one attached hydrogen (secondary N) is 2. The monoisotopic (exact) mass is 350 g/mol. The molecule has 0 saturated carbocycles. The van der Waals surface area contributed by atoms with Gasteiger partial charge in [0.15, 0.2) is 0 Å². The molecule has 0 heterocycles.